The Balaban J connectivity index is 1.81. The zero-order valence-electron chi connectivity index (χ0n) is 22.3. The van der Waals surface area contributed by atoms with Gasteiger partial charge in [0.15, 0.2) is 0 Å². The standard InChI is InChI=1S/C28H37Cl2N3O4S/c1-4-25(28(35)31-21-12-6-7-13-21)32(19-22-23(29)14-9-15-24(22)30)27(34)17-10-18-33(38(3,36)37)26-16-8-5-11-20(26)2/h5,8-9,11,14-16,21,25H,4,6-7,10,12-13,17-19H2,1-3H3,(H,31,35)/t25-/m1/s1. The van der Waals surface area contributed by atoms with Crippen LogP contribution in [-0.2, 0) is 26.2 Å². The van der Waals surface area contributed by atoms with Crippen molar-refractivity contribution in [2.75, 3.05) is 17.1 Å². The Morgan fingerprint density at radius 3 is 2.26 bits per heavy atom. The normalized spacial score (nSPS) is 14.8. The topological polar surface area (TPSA) is 86.8 Å². The fourth-order valence-electron chi connectivity index (χ4n) is 4.97. The minimum absolute atomic E-state index is 0.0627. The van der Waals surface area contributed by atoms with E-state index in [4.69, 9.17) is 23.2 Å². The summed E-state index contributed by atoms with van der Waals surface area (Å²) in [6.45, 7) is 3.95. The summed E-state index contributed by atoms with van der Waals surface area (Å²) in [7, 11) is -3.56. The van der Waals surface area contributed by atoms with Crippen molar-refractivity contribution in [3.8, 4) is 0 Å². The molecule has 1 fully saturated rings. The van der Waals surface area contributed by atoms with Gasteiger partial charge in [0.2, 0.25) is 21.8 Å². The highest BCUT2D eigenvalue weighted by Gasteiger charge is 2.31. The SMILES string of the molecule is CC[C@H](C(=O)NC1CCCC1)N(Cc1c(Cl)cccc1Cl)C(=O)CCCN(c1ccccc1C)S(C)(=O)=O. The average molecular weight is 583 g/mol. The second-order valence-corrected chi connectivity index (χ2v) is 12.6. The molecule has 2 aromatic carbocycles. The van der Waals surface area contributed by atoms with Crippen LogP contribution >= 0.6 is 23.2 Å². The molecule has 1 aliphatic rings. The largest absolute Gasteiger partial charge is 0.352 e. The number of carbonyl (C=O) groups excluding carboxylic acids is 2. The zero-order valence-corrected chi connectivity index (χ0v) is 24.6. The maximum absolute atomic E-state index is 13.6. The maximum Gasteiger partial charge on any atom is 0.243 e. The van der Waals surface area contributed by atoms with Crippen molar-refractivity contribution in [2.24, 2.45) is 0 Å². The molecule has 0 radical (unpaired) electrons. The van der Waals surface area contributed by atoms with Crippen molar-refractivity contribution in [2.45, 2.75) is 77.4 Å². The van der Waals surface area contributed by atoms with Gasteiger partial charge >= 0.3 is 0 Å². The highest BCUT2D eigenvalue weighted by Crippen LogP contribution is 2.28. The van der Waals surface area contributed by atoms with Gasteiger partial charge in [-0.1, -0.05) is 67.2 Å². The summed E-state index contributed by atoms with van der Waals surface area (Å²) < 4.78 is 26.5. The van der Waals surface area contributed by atoms with Gasteiger partial charge in [-0.2, -0.15) is 0 Å². The summed E-state index contributed by atoms with van der Waals surface area (Å²) in [4.78, 5) is 28.5. The number of aryl methyl sites for hydroxylation is 1. The third-order valence-electron chi connectivity index (χ3n) is 7.01. The Morgan fingerprint density at radius 2 is 1.68 bits per heavy atom. The Kier molecular flexibility index (Phi) is 10.9. The van der Waals surface area contributed by atoms with E-state index in [0.717, 1.165) is 37.5 Å². The summed E-state index contributed by atoms with van der Waals surface area (Å²) in [5, 5.41) is 3.96. The molecule has 38 heavy (non-hydrogen) atoms. The first-order chi connectivity index (χ1) is 18.0. The van der Waals surface area contributed by atoms with Crippen LogP contribution in [0.3, 0.4) is 0 Å². The molecule has 1 atom stereocenters. The van der Waals surface area contributed by atoms with E-state index in [-0.39, 0.29) is 43.8 Å². The van der Waals surface area contributed by atoms with E-state index < -0.39 is 16.1 Å². The number of nitrogens with zero attached hydrogens (tertiary/aromatic N) is 2. The van der Waals surface area contributed by atoms with Gasteiger partial charge < -0.3 is 10.2 Å². The van der Waals surface area contributed by atoms with Crippen LogP contribution in [0, 0.1) is 6.92 Å². The Morgan fingerprint density at radius 1 is 1.05 bits per heavy atom. The van der Waals surface area contributed by atoms with E-state index in [1.807, 2.05) is 26.0 Å². The van der Waals surface area contributed by atoms with Crippen LogP contribution in [-0.4, -0.2) is 50.0 Å². The Labute approximate surface area is 236 Å². The summed E-state index contributed by atoms with van der Waals surface area (Å²) in [5.74, 6) is -0.443. The van der Waals surface area contributed by atoms with Gasteiger partial charge in [-0.3, -0.25) is 13.9 Å². The molecule has 0 bridgehead atoms. The van der Waals surface area contributed by atoms with Gasteiger partial charge in [0.1, 0.15) is 6.04 Å². The van der Waals surface area contributed by atoms with Gasteiger partial charge in [-0.05, 0) is 56.4 Å². The first-order valence-corrected chi connectivity index (χ1v) is 15.7. The highest BCUT2D eigenvalue weighted by atomic mass is 35.5. The lowest BCUT2D eigenvalue weighted by Crippen LogP contribution is -2.51. The number of para-hydroxylation sites is 1. The lowest BCUT2D eigenvalue weighted by Gasteiger charge is -2.32. The summed E-state index contributed by atoms with van der Waals surface area (Å²) >= 11 is 12.9. The monoisotopic (exact) mass is 581 g/mol. The van der Waals surface area contributed by atoms with Crippen molar-refractivity contribution in [3.63, 3.8) is 0 Å². The van der Waals surface area contributed by atoms with E-state index in [2.05, 4.69) is 5.32 Å². The van der Waals surface area contributed by atoms with Crippen LogP contribution in [0.4, 0.5) is 5.69 Å². The lowest BCUT2D eigenvalue weighted by atomic mass is 10.1. The van der Waals surface area contributed by atoms with Crippen molar-refractivity contribution >= 4 is 50.7 Å². The van der Waals surface area contributed by atoms with Crippen molar-refractivity contribution in [1.82, 2.24) is 10.2 Å². The molecule has 2 amide bonds. The molecule has 0 unspecified atom stereocenters. The van der Waals surface area contributed by atoms with Crippen LogP contribution < -0.4 is 9.62 Å². The number of amides is 2. The molecule has 3 rings (SSSR count). The molecular weight excluding hydrogens is 545 g/mol. The van der Waals surface area contributed by atoms with Gasteiger partial charge in [0.05, 0.1) is 11.9 Å². The molecule has 0 heterocycles. The first kappa shape index (κ1) is 30.3. The fraction of sp³-hybridized carbons (Fsp3) is 0.500. The van der Waals surface area contributed by atoms with Crippen molar-refractivity contribution in [1.29, 1.82) is 0 Å². The quantitative estimate of drug-likeness (QED) is 0.347. The number of anilines is 1. The number of hydrogen-bond donors (Lipinski definition) is 1. The Bertz CT molecular complexity index is 1210. The van der Waals surface area contributed by atoms with Crippen LogP contribution in [0.15, 0.2) is 42.5 Å². The second-order valence-electron chi connectivity index (χ2n) is 9.86. The number of carbonyl (C=O) groups is 2. The van der Waals surface area contributed by atoms with Gasteiger partial charge in [0.25, 0.3) is 0 Å². The molecule has 0 saturated heterocycles. The minimum Gasteiger partial charge on any atom is -0.352 e. The smallest absolute Gasteiger partial charge is 0.243 e. The van der Waals surface area contributed by atoms with Gasteiger partial charge in [0, 0.05) is 41.2 Å². The average Bonchev–Trinajstić information content (AvgIpc) is 3.36. The van der Waals surface area contributed by atoms with E-state index in [1.165, 1.54) is 9.21 Å². The molecule has 2 aromatic rings. The second kappa shape index (κ2) is 13.7. The number of rotatable bonds is 12. The van der Waals surface area contributed by atoms with Crippen LogP contribution in [0.25, 0.3) is 0 Å². The van der Waals surface area contributed by atoms with Gasteiger partial charge in [-0.15, -0.1) is 0 Å². The molecular formula is C28H37Cl2N3O4S. The number of nitrogens with one attached hydrogen (secondary N) is 1. The molecule has 7 nitrogen and oxygen atoms in total. The van der Waals surface area contributed by atoms with E-state index in [0.29, 0.717) is 27.7 Å². The minimum atomic E-state index is -3.56. The van der Waals surface area contributed by atoms with Gasteiger partial charge in [-0.25, -0.2) is 8.42 Å². The molecule has 1 saturated carbocycles. The zero-order chi connectivity index (χ0) is 27.9. The van der Waals surface area contributed by atoms with Crippen LogP contribution in [0.2, 0.25) is 10.0 Å². The number of sulfonamides is 1. The molecule has 0 aliphatic heterocycles. The third-order valence-corrected chi connectivity index (χ3v) is 8.90. The van der Waals surface area contributed by atoms with Crippen molar-refractivity contribution in [3.05, 3.63) is 63.6 Å². The number of benzene rings is 2. The predicted octanol–water partition coefficient (Wildman–Crippen LogP) is 5.71. The molecule has 0 spiro atoms. The van der Waals surface area contributed by atoms with E-state index >= 15 is 0 Å². The molecule has 0 aromatic heterocycles. The fourth-order valence-corrected chi connectivity index (χ4v) is 6.51. The maximum atomic E-state index is 13.6. The number of hydrogen-bond acceptors (Lipinski definition) is 4. The van der Waals surface area contributed by atoms with Crippen LogP contribution in [0.1, 0.15) is 63.0 Å². The predicted molar refractivity (Wildman–Crippen MR) is 154 cm³/mol. The Hall–Kier alpha value is -2.29. The molecule has 1 aliphatic carbocycles. The molecule has 208 valence electrons. The number of halogens is 2. The molecule has 10 heteroatoms. The molecule has 1 N–H and O–H groups in total. The summed E-state index contributed by atoms with van der Waals surface area (Å²) in [6.07, 6.45) is 5.97. The van der Waals surface area contributed by atoms with E-state index in [9.17, 15) is 18.0 Å². The first-order valence-electron chi connectivity index (χ1n) is 13.1. The lowest BCUT2D eigenvalue weighted by molar-refractivity contribution is -0.141. The highest BCUT2D eigenvalue weighted by molar-refractivity contribution is 7.92. The van der Waals surface area contributed by atoms with Crippen LogP contribution in [0.5, 0.6) is 0 Å². The summed E-state index contributed by atoms with van der Waals surface area (Å²) in [6, 6.07) is 11.8. The van der Waals surface area contributed by atoms with E-state index in [1.54, 1.807) is 30.3 Å². The third kappa shape index (κ3) is 7.87. The van der Waals surface area contributed by atoms with Crippen molar-refractivity contribution < 1.29 is 18.0 Å². The summed E-state index contributed by atoms with van der Waals surface area (Å²) in [5.41, 5.74) is 1.99.